The minimum Gasteiger partial charge on any atom is -0.493 e. The number of benzene rings is 2. The number of carbonyl (C=O) groups excluding carboxylic acids is 8. The van der Waals surface area contributed by atoms with Crippen LogP contribution in [0.2, 0.25) is 0 Å². The number of nitrogens with zero attached hydrogens (tertiary/aromatic N) is 2. The van der Waals surface area contributed by atoms with Gasteiger partial charge in [0.1, 0.15) is 19.3 Å². The Labute approximate surface area is 419 Å². The summed E-state index contributed by atoms with van der Waals surface area (Å²) in [4.78, 5) is 101. The van der Waals surface area contributed by atoms with Gasteiger partial charge in [-0.2, -0.15) is 0 Å². The molecule has 0 radical (unpaired) electrons. The van der Waals surface area contributed by atoms with Crippen molar-refractivity contribution in [3.05, 3.63) is 45.8 Å². The van der Waals surface area contributed by atoms with E-state index in [-0.39, 0.29) is 142 Å². The summed E-state index contributed by atoms with van der Waals surface area (Å²) >= 11 is 0.989. The number of rotatable bonds is 32. The Hall–Kier alpha value is -6.50. The monoisotopic (exact) mass is 1040 g/mol. The van der Waals surface area contributed by atoms with Gasteiger partial charge in [-0.1, -0.05) is 0 Å². The van der Waals surface area contributed by atoms with E-state index in [0.29, 0.717) is 41.6 Å². The van der Waals surface area contributed by atoms with Gasteiger partial charge in [0.2, 0.25) is 29.5 Å². The number of carbonyl (C=O) groups is 8. The fraction of sp³-hybridized carbons (Fsp3) is 0.542. The van der Waals surface area contributed by atoms with Crippen LogP contribution in [0.15, 0.2) is 18.2 Å². The summed E-state index contributed by atoms with van der Waals surface area (Å²) in [7, 11) is 4.23. The highest BCUT2D eigenvalue weighted by atomic mass is 32.1. The first-order valence-electron chi connectivity index (χ1n) is 23.7. The summed E-state index contributed by atoms with van der Waals surface area (Å²) < 4.78 is 88.0. The smallest absolute Gasteiger partial charge is 0.306 e. The van der Waals surface area contributed by atoms with Gasteiger partial charge in [-0.25, -0.2) is 8.78 Å². The third-order valence-electron chi connectivity index (χ3n) is 10.9. The van der Waals surface area contributed by atoms with Crippen LogP contribution in [0.4, 0.5) is 8.78 Å². The quantitative estimate of drug-likeness (QED) is 0.0393. The number of hydrogen-bond acceptors (Lipinski definition) is 18. The summed E-state index contributed by atoms with van der Waals surface area (Å²) in [5, 5.41) is 5.19. The van der Waals surface area contributed by atoms with E-state index in [0.717, 1.165) is 11.3 Å². The zero-order chi connectivity index (χ0) is 53.0. The van der Waals surface area contributed by atoms with Crippen LogP contribution >= 0.6 is 11.3 Å². The number of Topliss-reactive ketones (excluding diaryl/α,β-unsaturated/α-hetero) is 1. The van der Waals surface area contributed by atoms with Crippen LogP contribution in [0.3, 0.4) is 0 Å². The summed E-state index contributed by atoms with van der Waals surface area (Å²) in [6.07, 6.45) is -3.28. The third kappa shape index (κ3) is 16.5. The maximum absolute atomic E-state index is 15.9. The van der Waals surface area contributed by atoms with Gasteiger partial charge in [0.05, 0.1) is 91.2 Å². The highest BCUT2D eigenvalue weighted by molar-refractivity contribution is 7.20. The molecule has 1 fully saturated rings. The molecule has 5 amide bonds. The fourth-order valence-corrected chi connectivity index (χ4v) is 8.22. The number of amides is 5. The van der Waals surface area contributed by atoms with Crippen molar-refractivity contribution in [2.24, 2.45) is 0 Å². The van der Waals surface area contributed by atoms with Crippen molar-refractivity contribution < 1.29 is 91.1 Å². The molecular weight excluding hydrogens is 975 g/mol. The second-order valence-electron chi connectivity index (χ2n) is 16.2. The maximum atomic E-state index is 15.9. The van der Waals surface area contributed by atoms with Crippen molar-refractivity contribution in [1.82, 2.24) is 20.4 Å². The van der Waals surface area contributed by atoms with Gasteiger partial charge >= 0.3 is 11.9 Å². The number of thiophene rings is 1. The number of esters is 2. The van der Waals surface area contributed by atoms with E-state index in [2.05, 4.69) is 10.6 Å². The lowest BCUT2D eigenvalue weighted by atomic mass is 10.1. The predicted molar refractivity (Wildman–Crippen MR) is 251 cm³/mol. The van der Waals surface area contributed by atoms with E-state index in [1.165, 1.54) is 38.2 Å². The zero-order valence-corrected chi connectivity index (χ0v) is 41.3. The number of halogens is 2. The van der Waals surface area contributed by atoms with Crippen LogP contribution in [-0.2, 0) is 70.3 Å². The topological polar surface area (TPSA) is 250 Å². The summed E-state index contributed by atoms with van der Waals surface area (Å²) in [5.74, 6) is -6.46. The Bertz CT molecular complexity index is 2480. The molecule has 72 heavy (non-hydrogen) atoms. The Morgan fingerprint density at radius 1 is 0.750 bits per heavy atom. The molecular formula is C48H60F2N4O17S. The van der Waals surface area contributed by atoms with Crippen LogP contribution < -0.4 is 29.6 Å². The average molecular weight is 1040 g/mol. The molecule has 2 aliphatic rings. The van der Waals surface area contributed by atoms with Crippen LogP contribution in [0, 0.1) is 11.6 Å². The van der Waals surface area contributed by atoms with Crippen molar-refractivity contribution in [1.29, 1.82) is 0 Å². The number of methoxy groups -OCH3 is 3. The molecule has 2 N–H and O–H groups in total. The largest absolute Gasteiger partial charge is 0.493 e. The molecule has 0 spiro atoms. The van der Waals surface area contributed by atoms with E-state index in [4.69, 9.17) is 44.0 Å². The first-order valence-corrected chi connectivity index (χ1v) is 23.9. The fourth-order valence-electron chi connectivity index (χ4n) is 7.17. The first-order chi connectivity index (χ1) is 35.0. The molecule has 2 aliphatic heterocycles. The second-order valence-corrected chi connectivity index (χ2v) is 17.3. The van der Waals surface area contributed by atoms with Crippen molar-refractivity contribution in [3.8, 4) is 23.0 Å². The molecule has 0 saturated carbocycles. The predicted octanol–water partition coefficient (Wildman–Crippen LogP) is 3.56. The van der Waals surface area contributed by atoms with Crippen LogP contribution in [0.5, 0.6) is 23.0 Å². The molecule has 0 bridgehead atoms. The highest BCUT2D eigenvalue weighted by Gasteiger charge is 2.32. The van der Waals surface area contributed by atoms with Gasteiger partial charge in [0.15, 0.2) is 40.4 Å². The maximum Gasteiger partial charge on any atom is 0.306 e. The van der Waals surface area contributed by atoms with Gasteiger partial charge in [-0.15, -0.1) is 11.3 Å². The SMILES string of the molecule is [3H]C1CC(=O)N(CC(=O)NC[C@H](C)OC(=O)CCC(=O)c2cc3c(F)c(OCCCOc4c(OC)cc5c(c4F)CN(C(=O)CCC(=O)OCCC(=O)NCCOCCOCCOC)C5)c(OC)cc3s2)C1=O. The number of imide groups is 1. The van der Waals surface area contributed by atoms with Gasteiger partial charge in [0, 0.05) is 81.9 Å². The van der Waals surface area contributed by atoms with Crippen LogP contribution in [0.1, 0.15) is 80.4 Å². The molecule has 394 valence electrons. The number of ether oxygens (including phenoxy) is 9. The van der Waals surface area contributed by atoms with E-state index in [1.807, 2.05) is 0 Å². The Balaban J connectivity index is 1.01. The minimum absolute atomic E-state index is 0.0488. The lowest BCUT2D eigenvalue weighted by molar-refractivity contribution is -0.148. The van der Waals surface area contributed by atoms with Gasteiger partial charge < -0.3 is 58.2 Å². The normalized spacial score (nSPS) is 14.7. The number of hydrogen-bond donors (Lipinski definition) is 2. The average Bonchev–Trinajstić information content (AvgIpc) is 4.07. The lowest BCUT2D eigenvalue weighted by Gasteiger charge is -2.16. The van der Waals surface area contributed by atoms with E-state index in [1.54, 1.807) is 13.2 Å². The molecule has 1 aromatic heterocycles. The number of fused-ring (bicyclic) bond motifs is 2. The zero-order valence-electron chi connectivity index (χ0n) is 41.5. The van der Waals surface area contributed by atoms with Crippen molar-refractivity contribution >= 4 is 68.7 Å². The highest BCUT2D eigenvalue weighted by Crippen LogP contribution is 2.41. The Morgan fingerprint density at radius 2 is 1.43 bits per heavy atom. The minimum atomic E-state index is -1.24. The molecule has 0 aliphatic carbocycles. The molecule has 24 heteroatoms. The van der Waals surface area contributed by atoms with Gasteiger partial charge in [-0.3, -0.25) is 43.3 Å². The number of likely N-dealkylation sites (tertiary alicyclic amines) is 1. The third-order valence-corrected chi connectivity index (χ3v) is 12.0. The van der Waals surface area contributed by atoms with E-state index in [9.17, 15) is 38.4 Å². The first kappa shape index (κ1) is 54.8. The lowest BCUT2D eigenvalue weighted by Crippen LogP contribution is -2.42. The molecule has 21 nitrogen and oxygen atoms in total. The van der Waals surface area contributed by atoms with Gasteiger partial charge in [-0.05, 0) is 24.6 Å². The summed E-state index contributed by atoms with van der Waals surface area (Å²) in [6.45, 7) is 2.72. The molecule has 2 atom stereocenters. The van der Waals surface area contributed by atoms with Crippen molar-refractivity contribution in [2.75, 3.05) is 93.8 Å². The van der Waals surface area contributed by atoms with E-state index >= 15 is 8.78 Å². The van der Waals surface area contributed by atoms with Crippen LogP contribution in [0.25, 0.3) is 10.1 Å². The molecule has 2 aromatic carbocycles. The van der Waals surface area contributed by atoms with E-state index < -0.39 is 72.0 Å². The molecule has 5 rings (SSSR count). The number of nitrogens with one attached hydrogen (secondary N) is 2. The Morgan fingerprint density at radius 3 is 2.12 bits per heavy atom. The molecule has 1 unspecified atom stereocenters. The Kier molecular flexibility index (Phi) is 21.7. The number of ketones is 1. The van der Waals surface area contributed by atoms with Crippen LogP contribution in [-0.4, -0.2) is 157 Å². The van der Waals surface area contributed by atoms with Crippen molar-refractivity contribution in [3.63, 3.8) is 0 Å². The molecule has 3 aromatic rings. The van der Waals surface area contributed by atoms with Crippen molar-refractivity contribution in [2.45, 2.75) is 77.5 Å². The summed E-state index contributed by atoms with van der Waals surface area (Å²) in [6, 6.07) is 4.42. The summed E-state index contributed by atoms with van der Waals surface area (Å²) in [5.41, 5.74) is 0.716. The molecule has 3 heterocycles. The van der Waals surface area contributed by atoms with Gasteiger partial charge in [0.25, 0.3) is 0 Å². The standard InChI is InChI=1S/C48H60F2N4O17S/c1-29(25-52-39(57)28-54-41(59)7-8-42(54)60)71-44(62)10-6-33(55)37-23-31-36(72-37)24-35(65-4)48(45(31)49)70-15-5-14-69-47-34(64-3)22-30-26-53(27-32(30)46(47)50)40(58)9-11-43(61)68-16-12-38(56)51-13-17-66-20-21-67-19-18-63-2/h22-24,29H,5-21,25-28H2,1-4H3,(H,51,56)(H,52,57)/t29-/m0/s1/i7T/t7?,29-. The second kappa shape index (κ2) is 28.5. The molecule has 1 saturated heterocycles.